The summed E-state index contributed by atoms with van der Waals surface area (Å²) in [5.41, 5.74) is 5.77. The predicted molar refractivity (Wildman–Crippen MR) is 74.0 cm³/mol. The molecular weight excluding hydrogens is 208 g/mol. The van der Waals surface area contributed by atoms with Gasteiger partial charge in [-0.05, 0) is 63.5 Å². The molecule has 2 aliphatic rings. The summed E-state index contributed by atoms with van der Waals surface area (Å²) in [6.45, 7) is 5.86. The lowest BCUT2D eigenvalue weighted by molar-refractivity contribution is 0.146. The molecule has 0 aromatic carbocycles. The van der Waals surface area contributed by atoms with Crippen molar-refractivity contribution in [3.63, 3.8) is 0 Å². The minimum absolute atomic E-state index is 0.827. The van der Waals surface area contributed by atoms with Crippen LogP contribution in [0.3, 0.4) is 0 Å². The monoisotopic (exact) mass is 238 g/mol. The third-order valence-electron chi connectivity index (χ3n) is 5.04. The van der Waals surface area contributed by atoms with Gasteiger partial charge >= 0.3 is 0 Å². The van der Waals surface area contributed by atoms with Gasteiger partial charge in [0.05, 0.1) is 0 Å². The van der Waals surface area contributed by atoms with Crippen molar-refractivity contribution in [2.75, 3.05) is 19.6 Å². The molecule has 100 valence electrons. The second-order valence-electron chi connectivity index (χ2n) is 6.15. The maximum Gasteiger partial charge on any atom is 0.00952 e. The van der Waals surface area contributed by atoms with Gasteiger partial charge in [0, 0.05) is 12.6 Å². The van der Waals surface area contributed by atoms with Crippen LogP contribution in [-0.2, 0) is 0 Å². The fraction of sp³-hybridized carbons (Fsp3) is 1.00. The van der Waals surface area contributed by atoms with E-state index in [9.17, 15) is 0 Å². The largest absolute Gasteiger partial charge is 0.330 e. The number of hydrogen-bond acceptors (Lipinski definition) is 2. The van der Waals surface area contributed by atoms with Gasteiger partial charge in [-0.15, -0.1) is 0 Å². The van der Waals surface area contributed by atoms with Crippen molar-refractivity contribution in [2.24, 2.45) is 17.6 Å². The van der Waals surface area contributed by atoms with Crippen LogP contribution in [0.25, 0.3) is 0 Å². The quantitative estimate of drug-likeness (QED) is 0.798. The van der Waals surface area contributed by atoms with Gasteiger partial charge in [-0.1, -0.05) is 19.8 Å². The number of rotatable bonds is 5. The molecule has 2 aliphatic carbocycles. The van der Waals surface area contributed by atoms with Crippen molar-refractivity contribution in [1.29, 1.82) is 0 Å². The van der Waals surface area contributed by atoms with E-state index < -0.39 is 0 Å². The Morgan fingerprint density at radius 3 is 2.06 bits per heavy atom. The first-order valence-corrected chi connectivity index (χ1v) is 7.77. The molecule has 0 aromatic heterocycles. The SMILES string of the molecule is CCN(CC1CCC(CN)CC1)C1CCCC1. The van der Waals surface area contributed by atoms with Crippen LogP contribution < -0.4 is 5.73 Å². The van der Waals surface area contributed by atoms with E-state index in [-0.39, 0.29) is 0 Å². The van der Waals surface area contributed by atoms with Gasteiger partial charge in [0.15, 0.2) is 0 Å². The second kappa shape index (κ2) is 6.75. The highest BCUT2D eigenvalue weighted by atomic mass is 15.2. The fourth-order valence-corrected chi connectivity index (χ4v) is 3.79. The highest BCUT2D eigenvalue weighted by Crippen LogP contribution is 2.31. The van der Waals surface area contributed by atoms with Crippen LogP contribution in [0.4, 0.5) is 0 Å². The molecule has 0 heterocycles. The van der Waals surface area contributed by atoms with Gasteiger partial charge in [0.25, 0.3) is 0 Å². The van der Waals surface area contributed by atoms with Crippen molar-refractivity contribution in [3.05, 3.63) is 0 Å². The van der Waals surface area contributed by atoms with Gasteiger partial charge in [-0.2, -0.15) is 0 Å². The van der Waals surface area contributed by atoms with Gasteiger partial charge in [0.1, 0.15) is 0 Å². The minimum atomic E-state index is 0.827. The maximum atomic E-state index is 5.77. The number of hydrogen-bond donors (Lipinski definition) is 1. The van der Waals surface area contributed by atoms with Crippen LogP contribution in [0.2, 0.25) is 0 Å². The van der Waals surface area contributed by atoms with Crippen molar-refractivity contribution >= 4 is 0 Å². The van der Waals surface area contributed by atoms with E-state index >= 15 is 0 Å². The summed E-state index contributed by atoms with van der Waals surface area (Å²) in [6.07, 6.45) is 11.4. The molecule has 2 nitrogen and oxygen atoms in total. The van der Waals surface area contributed by atoms with E-state index in [1.54, 1.807) is 0 Å². The van der Waals surface area contributed by atoms with Crippen molar-refractivity contribution in [2.45, 2.75) is 64.3 Å². The van der Waals surface area contributed by atoms with E-state index in [0.717, 1.165) is 24.4 Å². The summed E-state index contributed by atoms with van der Waals surface area (Å²) in [5, 5.41) is 0. The Hall–Kier alpha value is -0.0800. The Morgan fingerprint density at radius 2 is 1.53 bits per heavy atom. The molecule has 2 N–H and O–H groups in total. The zero-order chi connectivity index (χ0) is 12.1. The van der Waals surface area contributed by atoms with Gasteiger partial charge < -0.3 is 10.6 Å². The Balaban J connectivity index is 1.75. The van der Waals surface area contributed by atoms with Crippen molar-refractivity contribution < 1.29 is 0 Å². The normalized spacial score (nSPS) is 31.2. The molecule has 0 aromatic rings. The zero-order valence-corrected chi connectivity index (χ0v) is 11.5. The van der Waals surface area contributed by atoms with Crippen LogP contribution >= 0.6 is 0 Å². The van der Waals surface area contributed by atoms with Crippen LogP contribution in [0.5, 0.6) is 0 Å². The number of nitrogens with two attached hydrogens (primary N) is 1. The van der Waals surface area contributed by atoms with Crippen molar-refractivity contribution in [1.82, 2.24) is 4.90 Å². The molecule has 0 aliphatic heterocycles. The Bertz CT molecular complexity index is 203. The smallest absolute Gasteiger partial charge is 0.00952 e. The summed E-state index contributed by atoms with van der Waals surface area (Å²) in [5.74, 6) is 1.78. The molecule has 0 spiro atoms. The molecule has 0 unspecified atom stereocenters. The summed E-state index contributed by atoms with van der Waals surface area (Å²) in [4.78, 5) is 2.76. The number of nitrogens with zero attached hydrogens (tertiary/aromatic N) is 1. The van der Waals surface area contributed by atoms with Gasteiger partial charge in [-0.3, -0.25) is 0 Å². The van der Waals surface area contributed by atoms with E-state index in [1.165, 1.54) is 64.5 Å². The van der Waals surface area contributed by atoms with E-state index in [1.807, 2.05) is 0 Å². The molecule has 2 heteroatoms. The van der Waals surface area contributed by atoms with Crippen LogP contribution in [0.15, 0.2) is 0 Å². The Morgan fingerprint density at radius 1 is 0.941 bits per heavy atom. The third-order valence-corrected chi connectivity index (χ3v) is 5.04. The fourth-order valence-electron chi connectivity index (χ4n) is 3.79. The van der Waals surface area contributed by atoms with E-state index in [2.05, 4.69) is 11.8 Å². The highest BCUT2D eigenvalue weighted by molar-refractivity contribution is 4.81. The van der Waals surface area contributed by atoms with Gasteiger partial charge in [-0.25, -0.2) is 0 Å². The summed E-state index contributed by atoms with van der Waals surface area (Å²) in [6, 6.07) is 0.909. The maximum absolute atomic E-state index is 5.77. The first-order chi connectivity index (χ1) is 8.33. The average molecular weight is 238 g/mol. The summed E-state index contributed by atoms with van der Waals surface area (Å²) < 4.78 is 0. The molecule has 0 atom stereocenters. The molecular formula is C15H30N2. The molecule has 2 fully saturated rings. The lowest BCUT2D eigenvalue weighted by Crippen LogP contribution is -2.38. The average Bonchev–Trinajstić information content (AvgIpc) is 2.90. The van der Waals surface area contributed by atoms with Crippen LogP contribution in [-0.4, -0.2) is 30.6 Å². The molecule has 0 radical (unpaired) electrons. The lowest BCUT2D eigenvalue weighted by Gasteiger charge is -2.34. The molecule has 2 saturated carbocycles. The zero-order valence-electron chi connectivity index (χ0n) is 11.5. The topological polar surface area (TPSA) is 29.3 Å². The Kier molecular flexibility index (Phi) is 5.30. The Labute approximate surface area is 107 Å². The molecule has 0 bridgehead atoms. The molecule has 0 amide bonds. The third kappa shape index (κ3) is 3.69. The molecule has 2 rings (SSSR count). The van der Waals surface area contributed by atoms with E-state index in [0.29, 0.717) is 0 Å². The lowest BCUT2D eigenvalue weighted by atomic mass is 9.81. The van der Waals surface area contributed by atoms with E-state index in [4.69, 9.17) is 5.73 Å². The highest BCUT2D eigenvalue weighted by Gasteiger charge is 2.26. The summed E-state index contributed by atoms with van der Waals surface area (Å²) in [7, 11) is 0. The predicted octanol–water partition coefficient (Wildman–Crippen LogP) is 3.02. The summed E-state index contributed by atoms with van der Waals surface area (Å²) >= 11 is 0. The molecule has 17 heavy (non-hydrogen) atoms. The first-order valence-electron chi connectivity index (χ1n) is 7.77. The first kappa shape index (κ1) is 13.4. The molecule has 0 saturated heterocycles. The van der Waals surface area contributed by atoms with Crippen LogP contribution in [0.1, 0.15) is 58.3 Å². The van der Waals surface area contributed by atoms with Crippen molar-refractivity contribution in [3.8, 4) is 0 Å². The second-order valence-corrected chi connectivity index (χ2v) is 6.15. The van der Waals surface area contributed by atoms with Crippen LogP contribution in [0, 0.1) is 11.8 Å². The minimum Gasteiger partial charge on any atom is -0.330 e. The standard InChI is InChI=1S/C15H30N2/c1-2-17(15-5-3-4-6-15)12-14-9-7-13(11-16)8-10-14/h13-15H,2-12,16H2,1H3. The van der Waals surface area contributed by atoms with Gasteiger partial charge in [0.2, 0.25) is 0 Å².